The average Bonchev–Trinajstić information content (AvgIpc) is 2.12. The summed E-state index contributed by atoms with van der Waals surface area (Å²) in [6.45, 7) is 4.72. The van der Waals surface area contributed by atoms with E-state index >= 15 is 0 Å². The van der Waals surface area contributed by atoms with Crippen LogP contribution in [-0.4, -0.2) is 0 Å². The molecule has 1 heteroatoms. The van der Waals surface area contributed by atoms with Crippen LogP contribution in [0.3, 0.4) is 0 Å². The predicted octanol–water partition coefficient (Wildman–Crippen LogP) is 2.58. The van der Waals surface area contributed by atoms with Crippen LogP contribution in [0.15, 0.2) is 0 Å². The fourth-order valence-electron chi connectivity index (χ4n) is 0.979. The molecule has 0 aromatic heterocycles. The summed E-state index contributed by atoms with van der Waals surface area (Å²) in [6, 6.07) is 0. The van der Waals surface area contributed by atoms with Crippen LogP contribution in [0.1, 0.15) is 20.3 Å². The van der Waals surface area contributed by atoms with Crippen LogP contribution in [0.25, 0.3) is 0 Å². The van der Waals surface area contributed by atoms with E-state index < -0.39 is 0 Å². The van der Waals surface area contributed by atoms with Gasteiger partial charge in [0.25, 0.3) is 0 Å². The Kier molecular flexibility index (Phi) is 3.52. The van der Waals surface area contributed by atoms with Gasteiger partial charge in [0.2, 0.25) is 0 Å². The maximum atomic E-state index is 2.36. The number of hydrogen-bond donors (Lipinski definition) is 0. The van der Waals surface area contributed by atoms with Crippen molar-refractivity contribution in [3.63, 3.8) is 0 Å². The minimum absolute atomic E-state index is 0.818. The number of rotatable bonds is 1. The molecule has 0 amide bonds. The minimum atomic E-state index is 0.818. The molecule has 1 atom stereocenters. The molecule has 1 unspecified atom stereocenters. The summed E-state index contributed by atoms with van der Waals surface area (Å²) in [5, 5.41) is 0. The molecule has 0 aromatic rings. The molecule has 0 nitrogen and oxygen atoms in total. The molecule has 0 saturated carbocycles. The van der Waals surface area contributed by atoms with Crippen LogP contribution in [0, 0.1) is 56.0 Å². The molecule has 1 heterocycles. The summed E-state index contributed by atoms with van der Waals surface area (Å²) in [5.74, 6) is 2.07. The molecular weight excluding hydrogens is 215 g/mol. The average molecular weight is 229 g/mol. The van der Waals surface area contributed by atoms with Crippen molar-refractivity contribution in [3.8, 4) is 0 Å². The number of hydrogen-bond acceptors (Lipinski definition) is 0. The van der Waals surface area contributed by atoms with Crippen molar-refractivity contribution in [2.24, 2.45) is 11.8 Å². The Morgan fingerprint density at radius 1 is 1.50 bits per heavy atom. The van der Waals surface area contributed by atoms with Gasteiger partial charge in [-0.15, -0.1) is 0 Å². The zero-order valence-electron chi connectivity index (χ0n) is 5.63. The molecule has 0 aromatic carbocycles. The Balaban J connectivity index is 2.24. The van der Waals surface area contributed by atoms with Crippen molar-refractivity contribution >= 4 is 0 Å². The van der Waals surface area contributed by atoms with E-state index in [0.29, 0.717) is 0 Å². The van der Waals surface area contributed by atoms with Crippen molar-refractivity contribution in [1.82, 2.24) is 0 Å². The second kappa shape index (κ2) is 3.67. The van der Waals surface area contributed by atoms with Gasteiger partial charge in [-0.25, -0.2) is 0 Å². The monoisotopic (exact) mass is 230 g/mol. The first-order valence-electron chi connectivity index (χ1n) is 3.30. The van der Waals surface area contributed by atoms with E-state index in [1.807, 2.05) is 0 Å². The van der Waals surface area contributed by atoms with Crippen molar-refractivity contribution in [3.05, 3.63) is 0 Å². The SMILES string of the molecule is CC(C)C1CC[Xe]C1. The van der Waals surface area contributed by atoms with Crippen molar-refractivity contribution in [2.45, 2.75) is 22.0 Å². The standard InChI is InChI=1S/C7H14Xe/c1-6(2)7-3-4-8-5-7/h6-7H,3-5H2,1-2H3. The van der Waals surface area contributed by atoms with Crippen LogP contribution >= 0.6 is 0 Å². The molecule has 0 aliphatic carbocycles. The Labute approximate surface area is 76.7 Å². The van der Waals surface area contributed by atoms with E-state index in [1.165, 1.54) is 6.42 Å². The van der Waals surface area contributed by atoms with Crippen LogP contribution in [-0.2, 0) is 0 Å². The molecular formula is C7H14Xe. The van der Waals surface area contributed by atoms with Gasteiger partial charge in [0, 0.05) is 0 Å². The summed E-state index contributed by atoms with van der Waals surface area (Å²) in [5.41, 5.74) is 0. The Morgan fingerprint density at radius 3 is 2.50 bits per heavy atom. The molecule has 1 saturated heterocycles. The van der Waals surface area contributed by atoms with Gasteiger partial charge in [-0.05, 0) is 0 Å². The molecule has 50 valence electrons. The maximum absolute atomic E-state index is 2.36. The third-order valence-corrected chi connectivity index (χ3v) is 4.77. The van der Waals surface area contributed by atoms with Crippen LogP contribution < -0.4 is 0 Å². The first-order valence-corrected chi connectivity index (χ1v) is 6.16. The van der Waals surface area contributed by atoms with E-state index in [2.05, 4.69) is 13.8 Å². The Bertz CT molecular complexity index is 62.8. The van der Waals surface area contributed by atoms with Crippen molar-refractivity contribution < 1.29 is 44.2 Å². The Hall–Kier alpha value is 1.57. The topological polar surface area (TPSA) is 0 Å². The van der Waals surface area contributed by atoms with Crippen molar-refractivity contribution in [1.29, 1.82) is 0 Å². The van der Waals surface area contributed by atoms with Crippen LogP contribution in [0.2, 0.25) is 1.78 Å². The first kappa shape index (κ1) is 7.68. The Morgan fingerprint density at radius 2 is 2.25 bits per heavy atom. The van der Waals surface area contributed by atoms with Crippen LogP contribution in [0.5, 0.6) is 0 Å². The van der Waals surface area contributed by atoms with Gasteiger partial charge in [-0.2, -0.15) is 0 Å². The van der Waals surface area contributed by atoms with Gasteiger partial charge in [0.05, 0.1) is 0 Å². The molecule has 1 aliphatic heterocycles. The van der Waals surface area contributed by atoms with Gasteiger partial charge >= 0.3 is 78.1 Å². The third kappa shape index (κ3) is 2.07. The third-order valence-electron chi connectivity index (χ3n) is 1.83. The molecule has 0 bridgehead atoms. The molecule has 0 radical (unpaired) electrons. The normalized spacial score (nSPS) is 30.6. The molecule has 1 fully saturated rings. The van der Waals surface area contributed by atoms with Crippen LogP contribution in [0.4, 0.5) is 0 Å². The summed E-state index contributed by atoms with van der Waals surface area (Å²) < 4.78 is 3.17. The van der Waals surface area contributed by atoms with E-state index in [-0.39, 0.29) is 0 Å². The molecule has 0 N–H and O–H groups in total. The van der Waals surface area contributed by atoms with Gasteiger partial charge in [-0.1, -0.05) is 0 Å². The van der Waals surface area contributed by atoms with Gasteiger partial charge < -0.3 is 0 Å². The quantitative estimate of drug-likeness (QED) is 0.648. The second-order valence-corrected chi connectivity index (χ2v) is 5.63. The molecule has 0 spiro atoms. The molecule has 1 aliphatic rings. The van der Waals surface area contributed by atoms with E-state index in [9.17, 15) is 0 Å². The van der Waals surface area contributed by atoms with E-state index in [0.717, 1.165) is 56.0 Å². The van der Waals surface area contributed by atoms with E-state index in [1.54, 1.807) is 1.78 Å². The van der Waals surface area contributed by atoms with Gasteiger partial charge in [-0.3, -0.25) is 0 Å². The zero-order chi connectivity index (χ0) is 5.98. The summed E-state index contributed by atoms with van der Waals surface area (Å²) in [7, 11) is 0. The fourth-order valence-corrected chi connectivity index (χ4v) is 4.66. The molecule has 1 rings (SSSR count). The molecule has 8 heavy (non-hydrogen) atoms. The zero-order valence-corrected chi connectivity index (χ0v) is 7.65. The fraction of sp³-hybridized carbons (Fsp3) is 1.00. The first-order chi connectivity index (χ1) is 3.80. The van der Waals surface area contributed by atoms with E-state index in [4.69, 9.17) is 0 Å². The van der Waals surface area contributed by atoms with Gasteiger partial charge in [0.15, 0.2) is 0 Å². The van der Waals surface area contributed by atoms with Gasteiger partial charge in [0.1, 0.15) is 0 Å². The second-order valence-electron chi connectivity index (χ2n) is 2.79. The summed E-state index contributed by atoms with van der Waals surface area (Å²) >= 11 is 0.818. The predicted molar refractivity (Wildman–Crippen MR) is 32.6 cm³/mol. The van der Waals surface area contributed by atoms with Crippen molar-refractivity contribution in [2.75, 3.05) is 0 Å². The summed E-state index contributed by atoms with van der Waals surface area (Å²) in [6.07, 6.45) is 1.54. The summed E-state index contributed by atoms with van der Waals surface area (Å²) in [4.78, 5) is 0.